The summed E-state index contributed by atoms with van der Waals surface area (Å²) in [5.74, 6) is -1.82. The van der Waals surface area contributed by atoms with E-state index in [2.05, 4.69) is 12.8 Å². The van der Waals surface area contributed by atoms with Crippen LogP contribution < -0.4 is 18.3 Å². The van der Waals surface area contributed by atoms with Gasteiger partial charge in [0, 0.05) is 12.1 Å². The summed E-state index contributed by atoms with van der Waals surface area (Å²) in [6, 6.07) is 6.34. The van der Waals surface area contributed by atoms with E-state index in [1.54, 1.807) is 24.5 Å². The summed E-state index contributed by atoms with van der Waals surface area (Å²) in [6.07, 6.45) is 6.18. The van der Waals surface area contributed by atoms with E-state index in [9.17, 15) is 33.1 Å². The molecule has 2 heterocycles. The van der Waals surface area contributed by atoms with Crippen LogP contribution in [0, 0.1) is 0 Å². The SMILES string of the molecule is O=C(O)c1ccc[nH+]c1.O=C(O)c1ccc[nH+]c1.[O]=[Cr](=[O])([O-])[O][Cr](=[O])(=[O])[O-]. The van der Waals surface area contributed by atoms with Crippen molar-refractivity contribution in [2.75, 3.05) is 0 Å². The van der Waals surface area contributed by atoms with Crippen molar-refractivity contribution in [1.82, 2.24) is 0 Å². The Morgan fingerprint density at radius 1 is 0.815 bits per heavy atom. The van der Waals surface area contributed by atoms with E-state index in [1.807, 2.05) is 0 Å². The van der Waals surface area contributed by atoms with Gasteiger partial charge < -0.3 is 10.2 Å². The Hall–Kier alpha value is -2.62. The molecular weight excluding hydrogens is 452 g/mol. The number of pyridine rings is 2. The Balaban J connectivity index is 0.000000376. The number of aromatic nitrogens is 2. The average molecular weight is 464 g/mol. The number of aromatic carboxylic acids is 2. The first-order valence-electron chi connectivity index (χ1n) is 6.33. The zero-order valence-electron chi connectivity index (χ0n) is 13.0. The Morgan fingerprint density at radius 3 is 1.26 bits per heavy atom. The Kier molecular flexibility index (Phi) is 10.1. The normalized spacial score (nSPS) is 10.4. The molecule has 0 aliphatic carbocycles. The van der Waals surface area contributed by atoms with Gasteiger partial charge >= 0.3 is 65.5 Å². The molecule has 0 aliphatic heterocycles. The van der Waals surface area contributed by atoms with Crippen molar-refractivity contribution in [3.8, 4) is 0 Å². The van der Waals surface area contributed by atoms with Crippen molar-refractivity contribution in [1.29, 1.82) is 0 Å². The molecule has 27 heavy (non-hydrogen) atoms. The van der Waals surface area contributed by atoms with Crippen LogP contribution in [0.2, 0.25) is 0 Å². The van der Waals surface area contributed by atoms with Crippen LogP contribution >= 0.6 is 0 Å². The van der Waals surface area contributed by atoms with Crippen molar-refractivity contribution in [3.63, 3.8) is 0 Å². The third kappa shape index (κ3) is 14.3. The third-order valence-electron chi connectivity index (χ3n) is 2.07. The van der Waals surface area contributed by atoms with Gasteiger partial charge in [-0.3, -0.25) is 0 Å². The second-order valence-electron chi connectivity index (χ2n) is 4.08. The van der Waals surface area contributed by atoms with Crippen LogP contribution in [0.1, 0.15) is 20.7 Å². The van der Waals surface area contributed by atoms with Crippen LogP contribution in [-0.2, 0) is 45.3 Å². The fourth-order valence-corrected chi connectivity index (χ4v) is 2.79. The van der Waals surface area contributed by atoms with Gasteiger partial charge in [0.2, 0.25) is 0 Å². The van der Waals surface area contributed by atoms with E-state index in [0.717, 1.165) is 0 Å². The van der Waals surface area contributed by atoms with Gasteiger partial charge in [-0.05, 0) is 12.1 Å². The Morgan fingerprint density at radius 2 is 1.15 bits per heavy atom. The van der Waals surface area contributed by atoms with Crippen molar-refractivity contribution >= 4 is 11.9 Å². The quantitative estimate of drug-likeness (QED) is 0.479. The topological polar surface area (TPSA) is 227 Å². The van der Waals surface area contributed by atoms with Gasteiger partial charge in [-0.15, -0.1) is 0 Å². The molecule has 0 aliphatic rings. The third-order valence-corrected chi connectivity index (χ3v) is 4.74. The second-order valence-corrected chi connectivity index (χ2v) is 7.72. The molecule has 0 saturated carbocycles. The first-order valence-corrected chi connectivity index (χ1v) is 10.5. The molecule has 0 fully saturated rings. The van der Waals surface area contributed by atoms with Crippen LogP contribution in [0.5, 0.6) is 0 Å². The van der Waals surface area contributed by atoms with Crippen LogP contribution in [-0.4, -0.2) is 22.2 Å². The molecule has 148 valence electrons. The van der Waals surface area contributed by atoms with Crippen LogP contribution in [0.3, 0.4) is 0 Å². The van der Waals surface area contributed by atoms with E-state index in [0.29, 0.717) is 0 Å². The van der Waals surface area contributed by atoms with Gasteiger partial charge in [-0.25, -0.2) is 19.6 Å². The van der Waals surface area contributed by atoms with E-state index in [1.165, 1.54) is 24.5 Å². The number of carboxylic acids is 2. The Bertz CT molecular complexity index is 866. The van der Waals surface area contributed by atoms with Gasteiger partial charge in [0.15, 0.2) is 24.8 Å². The zero-order chi connectivity index (χ0) is 21.1. The van der Waals surface area contributed by atoms with E-state index in [-0.39, 0.29) is 11.1 Å². The maximum atomic E-state index is 10.2. The molecule has 13 nitrogen and oxygen atoms in total. The fraction of sp³-hybridized carbons (Fsp3) is 0. The van der Waals surface area contributed by atoms with E-state index < -0.39 is 39.2 Å². The van der Waals surface area contributed by atoms with Gasteiger partial charge in [0.25, 0.3) is 0 Å². The zero-order valence-corrected chi connectivity index (χ0v) is 15.6. The molecule has 0 spiro atoms. The summed E-state index contributed by atoms with van der Waals surface area (Å²) in [6.45, 7) is 0. The first kappa shape index (κ1) is 24.4. The molecule has 0 amide bonds. The van der Waals surface area contributed by atoms with Crippen LogP contribution in [0.25, 0.3) is 0 Å². The summed E-state index contributed by atoms with van der Waals surface area (Å²) >= 11 is -12.1. The van der Waals surface area contributed by atoms with Crippen molar-refractivity contribution < 1.29 is 83.4 Å². The summed E-state index contributed by atoms with van der Waals surface area (Å²) in [7, 11) is 0. The molecule has 15 heteroatoms. The molecule has 2 aromatic heterocycles. The van der Waals surface area contributed by atoms with Gasteiger partial charge in [-0.1, -0.05) is 0 Å². The summed E-state index contributed by atoms with van der Waals surface area (Å²) in [5.41, 5.74) is 0.551. The van der Waals surface area contributed by atoms with Gasteiger partial charge in [-0.2, -0.15) is 0 Å². The predicted octanol–water partition coefficient (Wildman–Crippen LogP) is -2.53. The van der Waals surface area contributed by atoms with Crippen LogP contribution in [0.4, 0.5) is 0 Å². The molecule has 0 atom stereocenters. The van der Waals surface area contributed by atoms with Crippen LogP contribution in [0.15, 0.2) is 49.1 Å². The monoisotopic (exact) mass is 464 g/mol. The van der Waals surface area contributed by atoms with Crippen molar-refractivity contribution in [3.05, 3.63) is 60.2 Å². The molecule has 0 saturated heterocycles. The molecule has 0 radical (unpaired) electrons. The number of H-pyrrole nitrogens is 2. The molecule has 4 N–H and O–H groups in total. The number of rotatable bonds is 4. The number of carbonyl (C=O) groups is 2. The van der Waals surface area contributed by atoms with Gasteiger partial charge in [0.05, 0.1) is 0 Å². The Labute approximate surface area is 155 Å². The number of carboxylic acid groups (broad SMARTS) is 2. The molecule has 2 aromatic rings. The summed E-state index contributed by atoms with van der Waals surface area (Å²) in [5, 5.41) is 16.7. The van der Waals surface area contributed by atoms with Gasteiger partial charge in [0.1, 0.15) is 11.1 Å². The number of hydrogen-bond donors (Lipinski definition) is 2. The minimum absolute atomic E-state index is 0.275. The molecular formula is C12H12Cr2N2O11. The molecule has 0 unspecified atom stereocenters. The minimum atomic E-state index is -6.07. The number of nitrogens with one attached hydrogen (secondary N) is 2. The summed E-state index contributed by atoms with van der Waals surface area (Å²) < 4.78 is 58.9. The standard InChI is InChI=1S/2C6H5NO2.2Cr.7O/c2*8-6(9)5-2-1-3-7-4-5;;;;;;;;;/h2*1-4H,(H,8,9);;;;;;;;;/q;;;;;;;;;2*-1/p+2. The predicted molar refractivity (Wildman–Crippen MR) is 63.7 cm³/mol. The number of hydrogen-bond acceptors (Lipinski definition) is 9. The molecule has 0 aromatic carbocycles. The first-order chi connectivity index (χ1) is 12.3. The second kappa shape index (κ2) is 11.2. The maximum absolute atomic E-state index is 10.2. The van der Waals surface area contributed by atoms with Crippen molar-refractivity contribution in [2.45, 2.75) is 0 Å². The fourth-order valence-electron chi connectivity index (χ4n) is 1.15. The molecule has 0 bridgehead atoms. The van der Waals surface area contributed by atoms with E-state index in [4.69, 9.17) is 10.2 Å². The van der Waals surface area contributed by atoms with E-state index >= 15 is 0 Å². The van der Waals surface area contributed by atoms with Crippen molar-refractivity contribution in [2.24, 2.45) is 0 Å². The molecule has 2 rings (SSSR count). The number of aromatic amines is 2. The average Bonchev–Trinajstić information content (AvgIpc) is 2.54. The summed E-state index contributed by atoms with van der Waals surface area (Å²) in [4.78, 5) is 25.7.